The first-order chi connectivity index (χ1) is 16.0. The Morgan fingerprint density at radius 2 is 1.85 bits per heavy atom. The van der Waals surface area contributed by atoms with Gasteiger partial charge in [-0.3, -0.25) is 14.5 Å². The molecule has 0 saturated carbocycles. The molecule has 178 valence electrons. The number of rotatable bonds is 3. The van der Waals surface area contributed by atoms with Crippen molar-refractivity contribution in [3.63, 3.8) is 0 Å². The number of aliphatic imine (C=N–C) groups is 1. The number of hydrogen-bond donors (Lipinski definition) is 3. The van der Waals surface area contributed by atoms with Crippen LogP contribution in [0.25, 0.3) is 0 Å². The molecule has 4 N–H and O–H groups in total. The van der Waals surface area contributed by atoms with Gasteiger partial charge >= 0.3 is 0 Å². The summed E-state index contributed by atoms with van der Waals surface area (Å²) in [5.41, 5.74) is 9.22. The number of carbonyl (C=O) groups excluding carboxylic acids is 2. The zero-order valence-electron chi connectivity index (χ0n) is 20.1. The Balaban J connectivity index is 1.45. The molecule has 2 aliphatic carbocycles. The van der Waals surface area contributed by atoms with Gasteiger partial charge in [-0.25, -0.2) is 4.99 Å². The van der Waals surface area contributed by atoms with Gasteiger partial charge in [-0.2, -0.15) is 0 Å². The summed E-state index contributed by atoms with van der Waals surface area (Å²) in [4.78, 5) is 32.5. The summed E-state index contributed by atoms with van der Waals surface area (Å²) in [5, 5.41) is 14.0. The Kier molecular flexibility index (Phi) is 5.09. The molecule has 1 heterocycles. The van der Waals surface area contributed by atoms with Crippen molar-refractivity contribution in [1.82, 2.24) is 10.2 Å². The number of nitrogens with zero attached hydrogens (tertiary/aromatic N) is 2. The van der Waals surface area contributed by atoms with E-state index in [0.717, 1.165) is 28.7 Å². The fourth-order valence-electron chi connectivity index (χ4n) is 5.85. The Morgan fingerprint density at radius 3 is 2.59 bits per heavy atom. The van der Waals surface area contributed by atoms with Crippen molar-refractivity contribution in [2.45, 2.75) is 76.1 Å². The summed E-state index contributed by atoms with van der Waals surface area (Å²) in [5.74, 6) is 0.168. The molecule has 1 aliphatic heterocycles. The third-order valence-corrected chi connectivity index (χ3v) is 7.46. The largest absolute Gasteiger partial charge is 0.387 e. The highest BCUT2D eigenvalue weighted by Crippen LogP contribution is 2.45. The second-order valence-corrected chi connectivity index (χ2v) is 10.9. The number of nitrogens with two attached hydrogens (primary N) is 1. The van der Waals surface area contributed by atoms with Crippen LogP contribution in [0.1, 0.15) is 91.1 Å². The minimum Gasteiger partial charge on any atom is -0.387 e. The van der Waals surface area contributed by atoms with E-state index in [0.29, 0.717) is 18.4 Å². The highest BCUT2D eigenvalue weighted by Gasteiger charge is 2.43. The van der Waals surface area contributed by atoms with E-state index in [2.05, 4.69) is 17.2 Å². The fourth-order valence-corrected chi connectivity index (χ4v) is 5.85. The number of benzene rings is 2. The van der Waals surface area contributed by atoms with Gasteiger partial charge in [-0.1, -0.05) is 37.3 Å². The molecular formula is C27H32N4O3. The molecule has 7 heteroatoms. The van der Waals surface area contributed by atoms with Crippen LogP contribution in [0.5, 0.6) is 0 Å². The minimum atomic E-state index is -1.06. The maximum atomic E-state index is 13.3. The van der Waals surface area contributed by atoms with Crippen molar-refractivity contribution in [2.75, 3.05) is 0 Å². The van der Waals surface area contributed by atoms with Gasteiger partial charge in [0.15, 0.2) is 5.96 Å². The highest BCUT2D eigenvalue weighted by molar-refractivity contribution is 6.00. The lowest BCUT2D eigenvalue weighted by atomic mass is 9.95. The van der Waals surface area contributed by atoms with E-state index in [4.69, 9.17) is 5.73 Å². The first-order valence-electron chi connectivity index (χ1n) is 11.9. The van der Waals surface area contributed by atoms with Gasteiger partial charge in [0.05, 0.1) is 29.6 Å². The maximum absolute atomic E-state index is 13.3. The average molecular weight is 461 g/mol. The summed E-state index contributed by atoms with van der Waals surface area (Å²) in [6.45, 7) is 7.68. The van der Waals surface area contributed by atoms with Gasteiger partial charge in [0.2, 0.25) is 5.91 Å². The summed E-state index contributed by atoms with van der Waals surface area (Å²) < 4.78 is 0. The van der Waals surface area contributed by atoms with Crippen LogP contribution in [0.2, 0.25) is 0 Å². The lowest BCUT2D eigenvalue weighted by molar-refractivity contribution is -0.131. The van der Waals surface area contributed by atoms with Crippen LogP contribution >= 0.6 is 0 Å². The molecule has 2 aromatic carbocycles. The third kappa shape index (κ3) is 3.68. The number of hydrogen-bond acceptors (Lipinski definition) is 5. The number of nitrogens with one attached hydrogen (secondary N) is 1. The first-order valence-corrected chi connectivity index (χ1v) is 11.9. The molecule has 0 fully saturated rings. The van der Waals surface area contributed by atoms with Crippen LogP contribution in [0.15, 0.2) is 47.5 Å². The van der Waals surface area contributed by atoms with Gasteiger partial charge in [0.25, 0.3) is 5.91 Å². The van der Waals surface area contributed by atoms with Crippen molar-refractivity contribution < 1.29 is 14.7 Å². The second kappa shape index (κ2) is 7.67. The standard InChI is InChI=1S/C27H32N4O3/c1-15-11-21(31-22(32)14-26(2,3)30-25(31)28)20-12-16(9-10-18(15)20)24(33)29-23-19-8-6-5-7-17(19)13-27(23,4)34/h5-10,12,15,21,23,34H,11,13-14H2,1-4H3,(H2,28,30)(H,29,33)/t15-,21-,23-,27-/m1/s1. The number of amides is 2. The van der Waals surface area contributed by atoms with Gasteiger partial charge in [0, 0.05) is 12.0 Å². The van der Waals surface area contributed by atoms with Gasteiger partial charge in [0.1, 0.15) is 0 Å². The van der Waals surface area contributed by atoms with Crippen LogP contribution in [0.3, 0.4) is 0 Å². The van der Waals surface area contributed by atoms with Crippen LogP contribution in [-0.2, 0) is 11.2 Å². The van der Waals surface area contributed by atoms with E-state index in [1.54, 1.807) is 11.8 Å². The molecule has 0 spiro atoms. The minimum absolute atomic E-state index is 0.0454. The molecule has 0 saturated heterocycles. The van der Waals surface area contributed by atoms with Gasteiger partial charge < -0.3 is 16.2 Å². The van der Waals surface area contributed by atoms with E-state index in [9.17, 15) is 14.7 Å². The molecule has 4 atom stereocenters. The predicted octanol–water partition coefficient (Wildman–Crippen LogP) is 3.34. The Hall–Kier alpha value is -3.19. The summed E-state index contributed by atoms with van der Waals surface area (Å²) in [6.07, 6.45) is 1.52. The fraction of sp³-hybridized carbons (Fsp3) is 0.444. The van der Waals surface area contributed by atoms with Crippen molar-refractivity contribution in [2.24, 2.45) is 10.7 Å². The van der Waals surface area contributed by atoms with Crippen molar-refractivity contribution in [3.05, 3.63) is 70.3 Å². The number of aliphatic hydroxyl groups is 1. The average Bonchev–Trinajstić information content (AvgIpc) is 3.19. The third-order valence-electron chi connectivity index (χ3n) is 7.46. The molecule has 2 amide bonds. The molecule has 0 radical (unpaired) electrons. The molecule has 0 aromatic heterocycles. The zero-order valence-corrected chi connectivity index (χ0v) is 20.1. The lowest BCUT2D eigenvalue weighted by Crippen LogP contribution is -2.51. The van der Waals surface area contributed by atoms with Gasteiger partial charge in [-0.15, -0.1) is 0 Å². The number of carbonyl (C=O) groups is 2. The summed E-state index contributed by atoms with van der Waals surface area (Å²) in [6, 6.07) is 12.7. The van der Waals surface area contributed by atoms with E-state index < -0.39 is 17.2 Å². The van der Waals surface area contributed by atoms with Crippen LogP contribution in [-0.4, -0.2) is 38.9 Å². The van der Waals surface area contributed by atoms with Gasteiger partial charge in [-0.05, 0) is 67.5 Å². The van der Waals surface area contributed by atoms with Crippen LogP contribution < -0.4 is 11.1 Å². The maximum Gasteiger partial charge on any atom is 0.251 e. The second-order valence-electron chi connectivity index (χ2n) is 10.9. The Morgan fingerprint density at radius 1 is 1.12 bits per heavy atom. The summed E-state index contributed by atoms with van der Waals surface area (Å²) >= 11 is 0. The molecule has 0 unspecified atom stereocenters. The topological polar surface area (TPSA) is 108 Å². The molecule has 3 aliphatic rings. The van der Waals surface area contributed by atoms with E-state index in [-0.39, 0.29) is 29.7 Å². The molecule has 5 rings (SSSR count). The Bertz CT molecular complexity index is 1220. The monoisotopic (exact) mass is 460 g/mol. The Labute approximate surface area is 200 Å². The number of guanidine groups is 1. The molecule has 34 heavy (non-hydrogen) atoms. The quantitative estimate of drug-likeness (QED) is 0.653. The van der Waals surface area contributed by atoms with Crippen molar-refractivity contribution >= 4 is 17.8 Å². The molecule has 0 bridgehead atoms. The molecular weight excluding hydrogens is 428 g/mol. The smallest absolute Gasteiger partial charge is 0.251 e. The number of fused-ring (bicyclic) bond motifs is 2. The van der Waals surface area contributed by atoms with E-state index in [1.165, 1.54) is 0 Å². The summed E-state index contributed by atoms with van der Waals surface area (Å²) in [7, 11) is 0. The van der Waals surface area contributed by atoms with E-state index >= 15 is 0 Å². The van der Waals surface area contributed by atoms with E-state index in [1.807, 2.05) is 56.3 Å². The first kappa shape index (κ1) is 22.6. The zero-order chi connectivity index (χ0) is 24.4. The molecule has 2 aromatic rings. The predicted molar refractivity (Wildman–Crippen MR) is 130 cm³/mol. The van der Waals surface area contributed by atoms with Crippen LogP contribution in [0.4, 0.5) is 0 Å². The lowest BCUT2D eigenvalue weighted by Gasteiger charge is -2.36. The SMILES string of the molecule is C[C@@H]1C[C@@H](N2C(=O)CC(C)(C)N=C2N)c2cc(C(=O)N[C@@H]3c4ccccc4C[C@@]3(C)O)ccc21. The highest BCUT2D eigenvalue weighted by atomic mass is 16.3. The van der Waals surface area contributed by atoms with Crippen molar-refractivity contribution in [3.8, 4) is 0 Å². The van der Waals surface area contributed by atoms with Crippen LogP contribution in [0, 0.1) is 0 Å². The van der Waals surface area contributed by atoms with Crippen molar-refractivity contribution in [1.29, 1.82) is 0 Å². The molecule has 7 nitrogen and oxygen atoms in total. The normalized spacial score (nSPS) is 29.4.